The fourth-order valence-electron chi connectivity index (χ4n) is 3.90. The standard InChI is InChI=1S/C23H26FNO3S/c1-2-3-8-20(26)28-21-13-16-14-25(12-11-19(16)29-21)22(23(27)15-9-10-15)17-6-4-5-7-18(17)24/h4-7,13,15,22H,2-3,8-12,14H2,1H3. The topological polar surface area (TPSA) is 46.6 Å². The SMILES string of the molecule is CCCCC(=O)Oc1cc2c(s1)CCN(C(C(=O)C1CC1)c1ccccc1F)C2. The second-order valence-electron chi connectivity index (χ2n) is 7.91. The fraction of sp³-hybridized carbons (Fsp3) is 0.478. The number of Topliss-reactive ketones (excluding diaryl/α,β-unsaturated/α-hetero) is 1. The van der Waals surface area contributed by atoms with E-state index in [2.05, 4.69) is 4.90 Å². The number of carbonyl (C=O) groups is 2. The molecule has 0 amide bonds. The van der Waals surface area contributed by atoms with Crippen LogP contribution in [0.15, 0.2) is 30.3 Å². The van der Waals surface area contributed by atoms with Crippen LogP contribution in [-0.4, -0.2) is 23.2 Å². The number of ketones is 1. The van der Waals surface area contributed by atoms with E-state index in [4.69, 9.17) is 4.74 Å². The molecule has 1 aliphatic heterocycles. The van der Waals surface area contributed by atoms with Crippen LogP contribution in [0.5, 0.6) is 5.06 Å². The van der Waals surface area contributed by atoms with Gasteiger partial charge in [0.05, 0.1) is 6.04 Å². The number of thiophene rings is 1. The van der Waals surface area contributed by atoms with Crippen LogP contribution in [-0.2, 0) is 22.6 Å². The molecule has 0 saturated heterocycles. The highest BCUT2D eigenvalue weighted by atomic mass is 32.1. The number of nitrogens with zero attached hydrogens (tertiary/aromatic N) is 1. The van der Waals surface area contributed by atoms with Gasteiger partial charge in [0.25, 0.3) is 0 Å². The van der Waals surface area contributed by atoms with E-state index in [1.165, 1.54) is 22.3 Å². The minimum Gasteiger partial charge on any atom is -0.415 e. The number of halogens is 1. The van der Waals surface area contributed by atoms with Crippen molar-refractivity contribution >= 4 is 23.1 Å². The average Bonchev–Trinajstić information content (AvgIpc) is 3.48. The van der Waals surface area contributed by atoms with Crippen LogP contribution in [0, 0.1) is 11.7 Å². The fourth-order valence-corrected chi connectivity index (χ4v) is 4.93. The molecule has 0 spiro atoms. The summed E-state index contributed by atoms with van der Waals surface area (Å²) in [7, 11) is 0. The highest BCUT2D eigenvalue weighted by molar-refractivity contribution is 7.14. The van der Waals surface area contributed by atoms with E-state index in [-0.39, 0.29) is 23.5 Å². The van der Waals surface area contributed by atoms with Gasteiger partial charge in [-0.15, -0.1) is 11.3 Å². The minimum absolute atomic E-state index is 0.0542. The summed E-state index contributed by atoms with van der Waals surface area (Å²) < 4.78 is 20.0. The van der Waals surface area contributed by atoms with Crippen molar-refractivity contribution < 1.29 is 18.7 Å². The van der Waals surface area contributed by atoms with Crippen molar-refractivity contribution in [2.45, 2.75) is 58.0 Å². The number of hydrogen-bond acceptors (Lipinski definition) is 5. The van der Waals surface area contributed by atoms with Crippen LogP contribution in [0.25, 0.3) is 0 Å². The number of carbonyl (C=O) groups excluding carboxylic acids is 2. The molecular weight excluding hydrogens is 389 g/mol. The quantitative estimate of drug-likeness (QED) is 0.565. The first kappa shape index (κ1) is 20.2. The zero-order chi connectivity index (χ0) is 20.4. The number of rotatable bonds is 8. The largest absolute Gasteiger partial charge is 0.415 e. The molecule has 154 valence electrons. The molecule has 29 heavy (non-hydrogen) atoms. The van der Waals surface area contributed by atoms with Crippen molar-refractivity contribution in [3.05, 3.63) is 52.2 Å². The van der Waals surface area contributed by atoms with Gasteiger partial charge in [0, 0.05) is 35.9 Å². The van der Waals surface area contributed by atoms with Crippen LogP contribution < -0.4 is 4.74 Å². The molecule has 2 aromatic rings. The maximum atomic E-state index is 14.5. The second-order valence-corrected chi connectivity index (χ2v) is 9.01. The Bertz CT molecular complexity index is 905. The van der Waals surface area contributed by atoms with Gasteiger partial charge in [-0.3, -0.25) is 14.5 Å². The third kappa shape index (κ3) is 4.59. The summed E-state index contributed by atoms with van der Waals surface area (Å²) in [5.41, 5.74) is 1.54. The Labute approximate surface area is 174 Å². The van der Waals surface area contributed by atoms with Crippen LogP contribution in [0.4, 0.5) is 4.39 Å². The first-order chi connectivity index (χ1) is 14.1. The first-order valence-corrected chi connectivity index (χ1v) is 11.2. The van der Waals surface area contributed by atoms with Gasteiger partial charge in [0.2, 0.25) is 0 Å². The molecule has 6 heteroatoms. The Hall–Kier alpha value is -2.05. The summed E-state index contributed by atoms with van der Waals surface area (Å²) in [5.74, 6) is -0.345. The molecule has 0 radical (unpaired) electrons. The molecule has 2 heterocycles. The summed E-state index contributed by atoms with van der Waals surface area (Å²) in [6.07, 6.45) is 4.78. The van der Waals surface area contributed by atoms with Crippen molar-refractivity contribution in [3.63, 3.8) is 0 Å². The van der Waals surface area contributed by atoms with Crippen LogP contribution in [0.2, 0.25) is 0 Å². The first-order valence-electron chi connectivity index (χ1n) is 10.4. The molecule has 1 aliphatic carbocycles. The van der Waals surface area contributed by atoms with Crippen LogP contribution >= 0.6 is 11.3 Å². The van der Waals surface area contributed by atoms with Crippen molar-refractivity contribution in [2.75, 3.05) is 6.54 Å². The number of fused-ring (bicyclic) bond motifs is 1. The maximum absolute atomic E-state index is 14.5. The molecule has 4 nitrogen and oxygen atoms in total. The van der Waals surface area contributed by atoms with Crippen LogP contribution in [0.3, 0.4) is 0 Å². The van der Waals surface area contributed by atoms with Gasteiger partial charge in [-0.2, -0.15) is 0 Å². The Morgan fingerprint density at radius 2 is 2.10 bits per heavy atom. The summed E-state index contributed by atoms with van der Waals surface area (Å²) >= 11 is 1.51. The Morgan fingerprint density at radius 3 is 2.83 bits per heavy atom. The Morgan fingerprint density at radius 1 is 1.31 bits per heavy atom. The highest BCUT2D eigenvalue weighted by Crippen LogP contribution is 2.41. The van der Waals surface area contributed by atoms with Gasteiger partial charge in [-0.25, -0.2) is 4.39 Å². The molecule has 0 bridgehead atoms. The molecule has 1 saturated carbocycles. The zero-order valence-electron chi connectivity index (χ0n) is 16.7. The van der Waals surface area contributed by atoms with E-state index < -0.39 is 6.04 Å². The Balaban J connectivity index is 1.53. The van der Waals surface area contributed by atoms with Gasteiger partial charge >= 0.3 is 5.97 Å². The predicted molar refractivity (Wildman–Crippen MR) is 110 cm³/mol. The second kappa shape index (κ2) is 8.76. The van der Waals surface area contributed by atoms with Crippen molar-refractivity contribution in [1.82, 2.24) is 4.90 Å². The van der Waals surface area contributed by atoms with Crippen molar-refractivity contribution in [1.29, 1.82) is 0 Å². The summed E-state index contributed by atoms with van der Waals surface area (Å²) in [6, 6.07) is 7.97. The van der Waals surface area contributed by atoms with E-state index in [9.17, 15) is 14.0 Å². The number of benzene rings is 1. The van der Waals surface area contributed by atoms with E-state index in [1.807, 2.05) is 13.0 Å². The summed E-state index contributed by atoms with van der Waals surface area (Å²) in [5, 5.41) is 0.619. The molecule has 1 aromatic carbocycles. The van der Waals surface area contributed by atoms with E-state index in [1.54, 1.807) is 18.2 Å². The average molecular weight is 416 g/mol. The van der Waals surface area contributed by atoms with Crippen molar-refractivity contribution in [2.24, 2.45) is 5.92 Å². The van der Waals surface area contributed by atoms with Gasteiger partial charge in [-0.1, -0.05) is 31.5 Å². The molecule has 2 aliphatic rings. The lowest BCUT2D eigenvalue weighted by Crippen LogP contribution is -2.38. The smallest absolute Gasteiger partial charge is 0.311 e. The van der Waals surface area contributed by atoms with E-state index in [0.717, 1.165) is 37.7 Å². The van der Waals surface area contributed by atoms with Gasteiger partial charge in [0.1, 0.15) is 5.82 Å². The lowest BCUT2D eigenvalue weighted by Gasteiger charge is -2.34. The Kier molecular flexibility index (Phi) is 6.11. The molecule has 4 rings (SSSR count). The van der Waals surface area contributed by atoms with Crippen LogP contribution in [0.1, 0.15) is 61.1 Å². The third-order valence-corrected chi connectivity index (χ3v) is 6.75. The molecular formula is C23H26FNO3S. The minimum atomic E-state index is -0.549. The highest BCUT2D eigenvalue weighted by Gasteiger charge is 2.40. The molecule has 1 unspecified atom stereocenters. The molecule has 1 atom stereocenters. The lowest BCUT2D eigenvalue weighted by molar-refractivity contribution is -0.134. The number of ether oxygens (including phenoxy) is 1. The summed E-state index contributed by atoms with van der Waals surface area (Å²) in [6.45, 7) is 3.30. The zero-order valence-corrected chi connectivity index (χ0v) is 17.5. The predicted octanol–water partition coefficient (Wildman–Crippen LogP) is 5.06. The van der Waals surface area contributed by atoms with E-state index >= 15 is 0 Å². The normalized spacial score (nSPS) is 17.6. The third-order valence-electron chi connectivity index (χ3n) is 5.64. The number of unbranched alkanes of at least 4 members (excludes halogenated alkanes) is 1. The van der Waals surface area contributed by atoms with Crippen molar-refractivity contribution in [3.8, 4) is 5.06 Å². The number of hydrogen-bond donors (Lipinski definition) is 0. The van der Waals surface area contributed by atoms with Gasteiger partial charge in [-0.05, 0) is 43.4 Å². The van der Waals surface area contributed by atoms with Gasteiger partial charge < -0.3 is 4.74 Å². The monoisotopic (exact) mass is 415 g/mol. The maximum Gasteiger partial charge on any atom is 0.311 e. The molecule has 1 fully saturated rings. The summed E-state index contributed by atoms with van der Waals surface area (Å²) in [4.78, 5) is 28.2. The van der Waals surface area contributed by atoms with Gasteiger partial charge in [0.15, 0.2) is 10.8 Å². The lowest BCUT2D eigenvalue weighted by atomic mass is 9.95. The number of esters is 1. The van der Waals surface area contributed by atoms with E-state index in [0.29, 0.717) is 30.1 Å². The molecule has 1 aromatic heterocycles. The molecule has 0 N–H and O–H groups in total.